The Balaban J connectivity index is 1.91. The Morgan fingerprint density at radius 3 is 2.75 bits per heavy atom. The molecule has 0 fully saturated rings. The lowest BCUT2D eigenvalue weighted by molar-refractivity contribution is 0.912. The Labute approximate surface area is 118 Å². The number of fused-ring (bicyclic) bond motifs is 1. The molecule has 0 saturated carbocycles. The molecular weight excluding hydrogens is 250 g/mol. The molecule has 1 aromatic carbocycles. The number of anilines is 3. The maximum absolute atomic E-state index is 5.49. The van der Waals surface area contributed by atoms with Gasteiger partial charge in [-0.2, -0.15) is 0 Å². The van der Waals surface area contributed by atoms with Gasteiger partial charge < -0.3 is 10.7 Å². The number of nitrogens with zero attached hydrogens (tertiary/aromatic N) is 2. The highest BCUT2D eigenvalue weighted by Crippen LogP contribution is 2.28. The van der Waals surface area contributed by atoms with E-state index in [1.54, 1.807) is 0 Å². The second-order valence-corrected chi connectivity index (χ2v) is 5.01. The number of nitrogen functional groups attached to an aromatic ring is 1. The Morgan fingerprint density at radius 1 is 1.15 bits per heavy atom. The average molecular weight is 269 g/mol. The standard InChI is InChI=1S/C15H19N5/c1-2-13-14(17-9-18-15(13)20-16)19-12-7-6-10-4-3-5-11(10)8-12/h6-9H,2-5,16H2,1H3,(H2,17,18,19,20). The molecule has 5 heteroatoms. The van der Waals surface area contributed by atoms with Crippen LogP contribution >= 0.6 is 0 Å². The highest BCUT2D eigenvalue weighted by atomic mass is 15.3. The fourth-order valence-corrected chi connectivity index (χ4v) is 2.77. The van der Waals surface area contributed by atoms with Crippen LogP contribution in [0.3, 0.4) is 0 Å². The van der Waals surface area contributed by atoms with Gasteiger partial charge in [-0.15, -0.1) is 0 Å². The summed E-state index contributed by atoms with van der Waals surface area (Å²) in [6, 6.07) is 6.54. The van der Waals surface area contributed by atoms with Crippen LogP contribution in [0.2, 0.25) is 0 Å². The number of nitrogens with two attached hydrogens (primary N) is 1. The summed E-state index contributed by atoms with van der Waals surface area (Å²) in [7, 11) is 0. The molecule has 0 aliphatic heterocycles. The Hall–Kier alpha value is -2.14. The van der Waals surface area contributed by atoms with Gasteiger partial charge in [-0.1, -0.05) is 13.0 Å². The number of rotatable bonds is 4. The summed E-state index contributed by atoms with van der Waals surface area (Å²) in [4.78, 5) is 8.47. The summed E-state index contributed by atoms with van der Waals surface area (Å²) in [6.07, 6.45) is 5.96. The van der Waals surface area contributed by atoms with E-state index in [-0.39, 0.29) is 0 Å². The molecule has 1 aromatic heterocycles. The molecule has 5 nitrogen and oxygen atoms in total. The third kappa shape index (κ3) is 2.32. The largest absolute Gasteiger partial charge is 0.340 e. The number of hydrazine groups is 1. The first-order chi connectivity index (χ1) is 9.81. The van der Waals surface area contributed by atoms with E-state index in [9.17, 15) is 0 Å². The first kappa shape index (κ1) is 12.9. The van der Waals surface area contributed by atoms with E-state index in [2.05, 4.69) is 45.8 Å². The first-order valence-corrected chi connectivity index (χ1v) is 7.01. The van der Waals surface area contributed by atoms with Crippen molar-refractivity contribution in [3.8, 4) is 0 Å². The highest BCUT2D eigenvalue weighted by molar-refractivity contribution is 5.65. The smallest absolute Gasteiger partial charge is 0.148 e. The van der Waals surface area contributed by atoms with E-state index in [0.29, 0.717) is 5.82 Å². The molecule has 3 rings (SSSR count). The lowest BCUT2D eigenvalue weighted by atomic mass is 10.1. The van der Waals surface area contributed by atoms with E-state index < -0.39 is 0 Å². The van der Waals surface area contributed by atoms with Crippen molar-refractivity contribution in [2.75, 3.05) is 10.7 Å². The van der Waals surface area contributed by atoms with Gasteiger partial charge in [0.1, 0.15) is 18.0 Å². The molecule has 0 unspecified atom stereocenters. The van der Waals surface area contributed by atoms with Crippen LogP contribution in [0.4, 0.5) is 17.3 Å². The van der Waals surface area contributed by atoms with Gasteiger partial charge in [0, 0.05) is 11.3 Å². The molecule has 1 heterocycles. The van der Waals surface area contributed by atoms with Crippen molar-refractivity contribution in [2.45, 2.75) is 32.6 Å². The van der Waals surface area contributed by atoms with Crippen molar-refractivity contribution in [1.82, 2.24) is 9.97 Å². The van der Waals surface area contributed by atoms with Crippen LogP contribution in [-0.4, -0.2) is 9.97 Å². The van der Waals surface area contributed by atoms with Gasteiger partial charge in [-0.25, -0.2) is 15.8 Å². The summed E-state index contributed by atoms with van der Waals surface area (Å²) in [5.41, 5.74) is 7.60. The molecule has 104 valence electrons. The maximum atomic E-state index is 5.49. The van der Waals surface area contributed by atoms with Crippen LogP contribution in [0.15, 0.2) is 24.5 Å². The molecule has 0 spiro atoms. The molecule has 0 atom stereocenters. The quantitative estimate of drug-likeness (QED) is 0.587. The van der Waals surface area contributed by atoms with Crippen molar-refractivity contribution in [3.63, 3.8) is 0 Å². The zero-order chi connectivity index (χ0) is 13.9. The van der Waals surface area contributed by atoms with Crippen LogP contribution in [0.5, 0.6) is 0 Å². The number of hydrogen-bond donors (Lipinski definition) is 3. The fraction of sp³-hybridized carbons (Fsp3) is 0.333. The Kier molecular flexibility index (Phi) is 3.52. The molecule has 2 aromatic rings. The van der Waals surface area contributed by atoms with E-state index in [0.717, 1.165) is 23.5 Å². The second-order valence-electron chi connectivity index (χ2n) is 5.01. The van der Waals surface area contributed by atoms with Crippen molar-refractivity contribution in [3.05, 3.63) is 41.2 Å². The van der Waals surface area contributed by atoms with Gasteiger partial charge >= 0.3 is 0 Å². The molecule has 0 bridgehead atoms. The van der Waals surface area contributed by atoms with Crippen LogP contribution < -0.4 is 16.6 Å². The van der Waals surface area contributed by atoms with Crippen molar-refractivity contribution in [2.24, 2.45) is 5.84 Å². The monoisotopic (exact) mass is 269 g/mol. The zero-order valence-corrected chi connectivity index (χ0v) is 11.6. The Morgan fingerprint density at radius 2 is 1.95 bits per heavy atom. The molecule has 1 aliphatic rings. The zero-order valence-electron chi connectivity index (χ0n) is 11.6. The maximum Gasteiger partial charge on any atom is 0.148 e. The lowest BCUT2D eigenvalue weighted by Crippen LogP contribution is -2.13. The first-order valence-electron chi connectivity index (χ1n) is 7.01. The number of aromatic nitrogens is 2. The number of benzene rings is 1. The van der Waals surface area contributed by atoms with E-state index >= 15 is 0 Å². The molecule has 0 saturated heterocycles. The number of aryl methyl sites for hydroxylation is 2. The van der Waals surface area contributed by atoms with Crippen LogP contribution in [0.1, 0.15) is 30.0 Å². The molecule has 20 heavy (non-hydrogen) atoms. The minimum absolute atomic E-state index is 0.672. The highest BCUT2D eigenvalue weighted by Gasteiger charge is 2.13. The van der Waals surface area contributed by atoms with Crippen molar-refractivity contribution >= 4 is 17.3 Å². The van der Waals surface area contributed by atoms with Crippen LogP contribution in [0.25, 0.3) is 0 Å². The van der Waals surface area contributed by atoms with Gasteiger partial charge in [0.05, 0.1) is 0 Å². The van der Waals surface area contributed by atoms with Crippen molar-refractivity contribution in [1.29, 1.82) is 0 Å². The predicted molar refractivity (Wildman–Crippen MR) is 81.0 cm³/mol. The third-order valence-electron chi connectivity index (χ3n) is 3.80. The van der Waals surface area contributed by atoms with Gasteiger partial charge in [0.2, 0.25) is 0 Å². The van der Waals surface area contributed by atoms with Gasteiger partial charge in [-0.05, 0) is 48.9 Å². The SMILES string of the molecule is CCc1c(NN)ncnc1Nc1ccc2c(c1)CCC2. The molecule has 0 amide bonds. The summed E-state index contributed by atoms with van der Waals surface area (Å²) in [5, 5.41) is 3.38. The lowest BCUT2D eigenvalue weighted by Gasteiger charge is -2.13. The average Bonchev–Trinajstić information content (AvgIpc) is 2.94. The number of nitrogens with one attached hydrogen (secondary N) is 2. The second kappa shape index (κ2) is 5.46. The van der Waals surface area contributed by atoms with E-state index in [1.165, 1.54) is 36.7 Å². The minimum Gasteiger partial charge on any atom is -0.340 e. The Bertz CT molecular complexity index is 624. The molecule has 0 radical (unpaired) electrons. The van der Waals surface area contributed by atoms with Crippen molar-refractivity contribution < 1.29 is 0 Å². The molecule has 4 N–H and O–H groups in total. The van der Waals surface area contributed by atoms with E-state index in [4.69, 9.17) is 5.84 Å². The van der Waals surface area contributed by atoms with Crippen LogP contribution in [-0.2, 0) is 19.3 Å². The van der Waals surface area contributed by atoms with Gasteiger partial charge in [0.15, 0.2) is 0 Å². The molecular formula is C15H19N5. The summed E-state index contributed by atoms with van der Waals surface area (Å²) < 4.78 is 0. The van der Waals surface area contributed by atoms with Gasteiger partial charge in [-0.3, -0.25) is 0 Å². The topological polar surface area (TPSA) is 75.9 Å². The predicted octanol–water partition coefficient (Wildman–Crippen LogP) is 2.56. The number of hydrogen-bond acceptors (Lipinski definition) is 5. The van der Waals surface area contributed by atoms with Crippen LogP contribution in [0, 0.1) is 0 Å². The normalized spacial score (nSPS) is 13.1. The summed E-state index contributed by atoms with van der Waals surface area (Å²) >= 11 is 0. The van der Waals surface area contributed by atoms with Gasteiger partial charge in [0.25, 0.3) is 0 Å². The summed E-state index contributed by atoms with van der Waals surface area (Å²) in [5.74, 6) is 6.98. The summed E-state index contributed by atoms with van der Waals surface area (Å²) in [6.45, 7) is 2.06. The fourth-order valence-electron chi connectivity index (χ4n) is 2.77. The minimum atomic E-state index is 0.672. The van der Waals surface area contributed by atoms with E-state index in [1.807, 2.05) is 0 Å². The molecule has 1 aliphatic carbocycles. The third-order valence-corrected chi connectivity index (χ3v) is 3.80.